The molecule has 1 aliphatic rings. The molecule has 50 heavy (non-hydrogen) atoms. The van der Waals surface area contributed by atoms with E-state index >= 15 is 0 Å². The van der Waals surface area contributed by atoms with Crippen molar-refractivity contribution in [1.82, 2.24) is 10.0 Å². The summed E-state index contributed by atoms with van der Waals surface area (Å²) < 4.78 is 65.9. The molecule has 1 aliphatic heterocycles. The van der Waals surface area contributed by atoms with E-state index in [-0.39, 0.29) is 51.5 Å². The van der Waals surface area contributed by atoms with Crippen molar-refractivity contribution in [1.29, 1.82) is 0 Å². The van der Waals surface area contributed by atoms with Crippen LogP contribution >= 0.6 is 11.3 Å². The lowest BCUT2D eigenvalue weighted by Crippen LogP contribution is -2.32. The molecular weight excluding hydrogens is 708 g/mol. The Morgan fingerprint density at radius 3 is 1.56 bits per heavy atom. The summed E-state index contributed by atoms with van der Waals surface area (Å²) in [6.07, 6.45) is 0.0124. The fourth-order valence-electron chi connectivity index (χ4n) is 3.83. The topological polar surface area (TPSA) is 220 Å². The number of aryl methyl sites for hydroxylation is 1. The predicted molar refractivity (Wildman–Crippen MR) is 178 cm³/mol. The average molecular weight is 757 g/mol. The van der Waals surface area contributed by atoms with Crippen LogP contribution in [0.15, 0.2) is 0 Å². The molecule has 0 aromatic carbocycles. The Bertz CT molecular complexity index is 1160. The molecule has 1 aromatic heterocycles. The summed E-state index contributed by atoms with van der Waals surface area (Å²) in [7, 11) is 0. The van der Waals surface area contributed by atoms with Crippen LogP contribution in [0, 0.1) is 6.92 Å². The molecule has 1 saturated heterocycles. The molecule has 19 nitrogen and oxygen atoms in total. The number of ether oxygens (including phenoxy) is 8. The van der Waals surface area contributed by atoms with E-state index in [1.165, 1.54) is 22.6 Å². The Labute approximate surface area is 297 Å². The quantitative estimate of drug-likeness (QED) is 0.0598. The first-order chi connectivity index (χ1) is 24.2. The largest absolute Gasteiger partial charge is 0.378 e. The number of carbonyl (C=O) groups excluding carboxylic acids is 4. The number of nitrogens with zero attached hydrogens (tertiary/aromatic N) is 3. The molecule has 1 unspecified atom stereocenters. The molecule has 0 aliphatic carbocycles. The highest BCUT2D eigenvalue weighted by molar-refractivity contribution is 7.80. The van der Waals surface area contributed by atoms with Crippen molar-refractivity contribution in [2.24, 2.45) is 0 Å². The minimum absolute atomic E-state index is 0.0496. The number of nitrogens with one attached hydrogen (secondary N) is 1. The van der Waals surface area contributed by atoms with Gasteiger partial charge in [0.05, 0.1) is 119 Å². The van der Waals surface area contributed by atoms with Crippen molar-refractivity contribution in [3.8, 4) is 0 Å². The first-order valence-electron chi connectivity index (χ1n) is 16.0. The van der Waals surface area contributed by atoms with Crippen LogP contribution in [0.4, 0.5) is 10.9 Å². The van der Waals surface area contributed by atoms with Gasteiger partial charge >= 0.3 is 5.97 Å². The van der Waals surface area contributed by atoms with Gasteiger partial charge in [-0.2, -0.15) is 0 Å². The second-order valence-electron chi connectivity index (χ2n) is 10.1. The van der Waals surface area contributed by atoms with Crippen molar-refractivity contribution in [3.05, 3.63) is 4.88 Å². The maximum atomic E-state index is 11.8. The minimum Gasteiger partial charge on any atom is -0.378 e. The van der Waals surface area contributed by atoms with Crippen LogP contribution in [0.1, 0.15) is 31.1 Å². The molecule has 21 heteroatoms. The Balaban J connectivity index is 1.26. The second-order valence-corrected chi connectivity index (χ2v) is 12.2. The summed E-state index contributed by atoms with van der Waals surface area (Å²) in [6, 6.07) is 0. The van der Waals surface area contributed by atoms with Crippen molar-refractivity contribution < 1.29 is 70.7 Å². The number of anilines is 2. The van der Waals surface area contributed by atoms with Gasteiger partial charge in [-0.15, -0.1) is 5.06 Å². The van der Waals surface area contributed by atoms with E-state index in [1.807, 2.05) is 0 Å². The van der Waals surface area contributed by atoms with Crippen LogP contribution in [-0.4, -0.2) is 155 Å². The lowest BCUT2D eigenvalue weighted by atomic mass is 10.4. The van der Waals surface area contributed by atoms with Gasteiger partial charge in [-0.25, -0.2) is 18.3 Å². The van der Waals surface area contributed by atoms with E-state index < -0.39 is 29.1 Å². The fourth-order valence-corrected chi connectivity index (χ4v) is 5.31. The maximum Gasteiger partial charge on any atom is 0.335 e. The van der Waals surface area contributed by atoms with Gasteiger partial charge in [0.25, 0.3) is 23.1 Å². The van der Waals surface area contributed by atoms with Crippen LogP contribution in [-0.2, 0) is 73.2 Å². The van der Waals surface area contributed by atoms with E-state index in [0.29, 0.717) is 107 Å². The minimum atomic E-state index is -2.30. The first-order valence-corrected chi connectivity index (χ1v) is 17.9. The number of hydrogen-bond acceptors (Lipinski definition) is 16. The number of rotatable bonds is 31. The SMILES string of the molecule is CC(=O)Nc1nc(N(CCOCCOCCOCCOCCOCCOCCOCCOCCC(=O)ON2C(=O)CCC2=O)S(=O)O)c(C)s1. The second kappa shape index (κ2) is 27.0. The van der Waals surface area contributed by atoms with Gasteiger partial charge in [0.2, 0.25) is 5.91 Å². The van der Waals surface area contributed by atoms with E-state index in [4.69, 9.17) is 42.7 Å². The molecule has 1 aromatic rings. The number of aromatic nitrogens is 1. The predicted octanol–water partition coefficient (Wildman–Crippen LogP) is 0.483. The maximum absolute atomic E-state index is 11.8. The zero-order valence-electron chi connectivity index (χ0n) is 28.5. The third-order valence-corrected chi connectivity index (χ3v) is 7.78. The number of amides is 3. The standard InChI is InChI=1S/C29H48N4O15S2/c1-23-28(31-29(49-23)30-24(2)34)32(50(38)39)6-8-41-10-12-43-14-16-45-18-20-47-22-21-46-19-17-44-15-13-42-11-9-40-7-5-27(37)48-33-25(35)3-4-26(33)36/h3-22H2,1-2H3,(H,38,39)(H,30,31,34). The number of thiazole rings is 1. The van der Waals surface area contributed by atoms with Gasteiger partial charge in [0.1, 0.15) is 0 Å². The van der Waals surface area contributed by atoms with Crippen LogP contribution < -0.4 is 9.62 Å². The van der Waals surface area contributed by atoms with Gasteiger partial charge in [0, 0.05) is 24.6 Å². The van der Waals surface area contributed by atoms with E-state index in [1.54, 1.807) is 6.92 Å². The summed E-state index contributed by atoms with van der Waals surface area (Å²) in [4.78, 5) is 55.3. The Kier molecular flexibility index (Phi) is 23.5. The highest BCUT2D eigenvalue weighted by atomic mass is 32.2. The molecule has 3 amide bonds. The molecule has 0 bridgehead atoms. The number of carbonyl (C=O) groups is 4. The van der Waals surface area contributed by atoms with Crippen LogP contribution in [0.2, 0.25) is 0 Å². The molecule has 286 valence electrons. The summed E-state index contributed by atoms with van der Waals surface area (Å²) >= 11 is -1.08. The smallest absolute Gasteiger partial charge is 0.335 e. The van der Waals surface area contributed by atoms with Crippen LogP contribution in [0.25, 0.3) is 0 Å². The lowest BCUT2D eigenvalue weighted by molar-refractivity contribution is -0.198. The van der Waals surface area contributed by atoms with Gasteiger partial charge in [-0.3, -0.25) is 18.9 Å². The lowest BCUT2D eigenvalue weighted by Gasteiger charge is -2.18. The van der Waals surface area contributed by atoms with Crippen LogP contribution in [0.5, 0.6) is 0 Å². The highest BCUT2D eigenvalue weighted by Crippen LogP contribution is 2.29. The van der Waals surface area contributed by atoms with Crippen molar-refractivity contribution in [2.45, 2.75) is 33.1 Å². The molecule has 1 atom stereocenters. The summed E-state index contributed by atoms with van der Waals surface area (Å²) in [5.74, 6) is -1.71. The summed E-state index contributed by atoms with van der Waals surface area (Å²) in [5, 5.41) is 3.44. The molecule has 2 N–H and O–H groups in total. The van der Waals surface area contributed by atoms with Gasteiger partial charge in [-0.05, 0) is 6.92 Å². The molecule has 2 heterocycles. The molecule has 0 spiro atoms. The van der Waals surface area contributed by atoms with Gasteiger partial charge in [0.15, 0.2) is 10.9 Å². The van der Waals surface area contributed by atoms with Gasteiger partial charge in [-0.1, -0.05) is 11.3 Å². The normalized spacial score (nSPS) is 13.6. The van der Waals surface area contributed by atoms with Gasteiger partial charge < -0.3 is 48.0 Å². The number of imide groups is 1. The van der Waals surface area contributed by atoms with Crippen molar-refractivity contribution in [2.75, 3.05) is 122 Å². The number of hydrogen-bond donors (Lipinski definition) is 2. The molecule has 1 fully saturated rings. The van der Waals surface area contributed by atoms with Crippen LogP contribution in [0.3, 0.4) is 0 Å². The zero-order valence-corrected chi connectivity index (χ0v) is 30.1. The summed E-state index contributed by atoms with van der Waals surface area (Å²) in [5.41, 5.74) is 0. The van der Waals surface area contributed by atoms with E-state index in [0.717, 1.165) is 0 Å². The Morgan fingerprint density at radius 2 is 1.16 bits per heavy atom. The molecular formula is C29H48N4O15S2. The molecule has 0 saturated carbocycles. The average Bonchev–Trinajstić information content (AvgIpc) is 3.58. The van der Waals surface area contributed by atoms with Crippen molar-refractivity contribution in [3.63, 3.8) is 0 Å². The van der Waals surface area contributed by atoms with E-state index in [9.17, 15) is 27.9 Å². The highest BCUT2D eigenvalue weighted by Gasteiger charge is 2.32. The first kappa shape index (κ1) is 43.5. The monoisotopic (exact) mass is 756 g/mol. The Hall–Kier alpha value is -2.70. The number of hydroxylamine groups is 2. The van der Waals surface area contributed by atoms with Crippen molar-refractivity contribution >= 4 is 57.2 Å². The third kappa shape index (κ3) is 19.6. The molecule has 0 radical (unpaired) electrons. The summed E-state index contributed by atoms with van der Waals surface area (Å²) in [6.45, 7) is 8.79. The Morgan fingerprint density at radius 1 is 0.760 bits per heavy atom. The molecule has 2 rings (SSSR count). The van der Waals surface area contributed by atoms with E-state index in [2.05, 4.69) is 10.3 Å². The zero-order chi connectivity index (χ0) is 36.4. The fraction of sp³-hybridized carbons (Fsp3) is 0.759. The third-order valence-electron chi connectivity index (χ3n) is 6.17.